The molecule has 1 aliphatic carbocycles. The molecule has 2 aliphatic rings. The van der Waals surface area contributed by atoms with Gasteiger partial charge in [-0.3, -0.25) is 14.5 Å². The minimum atomic E-state index is -0.859. The maximum atomic E-state index is 14.9. The molecular weight excluding hydrogens is 587 g/mol. The molecule has 0 fully saturated rings. The summed E-state index contributed by atoms with van der Waals surface area (Å²) < 4.78 is 36.2. The third-order valence-corrected chi connectivity index (χ3v) is 8.64. The average Bonchev–Trinajstić information content (AvgIpc) is 3.22. The molecule has 236 valence electrons. The van der Waals surface area contributed by atoms with Crippen LogP contribution in [0.5, 0.6) is 23.0 Å². The van der Waals surface area contributed by atoms with Crippen LogP contribution in [0.2, 0.25) is 0 Å². The van der Waals surface area contributed by atoms with Gasteiger partial charge in [0.25, 0.3) is 5.91 Å². The van der Waals surface area contributed by atoms with Crippen LogP contribution in [0, 0.1) is 12.7 Å². The van der Waals surface area contributed by atoms with E-state index in [0.29, 0.717) is 46.2 Å². The summed E-state index contributed by atoms with van der Waals surface area (Å²) in [6.45, 7) is 1.94. The summed E-state index contributed by atoms with van der Waals surface area (Å²) in [6, 6.07) is 21.8. The SMILES string of the molecule is COc1ccc([C@@H]2CC(=O)C3=C(C2)Nc2ccc(C)cc2N(C(=O)c2cc(OC)c(OC)c(OC)c2)[C@H]3c2ccc(F)cc2)cc1. The Morgan fingerprint density at radius 1 is 0.804 bits per heavy atom. The van der Waals surface area contributed by atoms with Crippen LogP contribution in [0.4, 0.5) is 15.8 Å². The standard InChI is InChI=1S/C37H35FN2O6/c1-21-6-15-28-30(16-21)40(37(42)25-19-32(44-3)36(46-5)33(20-25)45-4)35(23-7-11-26(38)12-8-23)34-29(39-28)17-24(18-31(34)41)22-9-13-27(43-2)14-10-22/h6-16,19-20,24,35,39H,17-18H2,1-5H3/t24-,35-/m0/s1. The molecule has 1 aliphatic heterocycles. The average molecular weight is 623 g/mol. The van der Waals surface area contributed by atoms with Gasteiger partial charge in [-0.1, -0.05) is 30.3 Å². The highest BCUT2D eigenvalue weighted by molar-refractivity contribution is 6.12. The molecule has 0 saturated carbocycles. The molecule has 4 aromatic rings. The van der Waals surface area contributed by atoms with Gasteiger partial charge in [0.1, 0.15) is 11.6 Å². The first-order chi connectivity index (χ1) is 22.3. The van der Waals surface area contributed by atoms with E-state index in [1.807, 2.05) is 49.4 Å². The van der Waals surface area contributed by atoms with Gasteiger partial charge in [0.15, 0.2) is 17.3 Å². The fourth-order valence-corrected chi connectivity index (χ4v) is 6.39. The number of nitrogens with zero attached hydrogens (tertiary/aromatic N) is 1. The van der Waals surface area contributed by atoms with Crippen molar-refractivity contribution in [3.63, 3.8) is 0 Å². The van der Waals surface area contributed by atoms with Gasteiger partial charge < -0.3 is 24.3 Å². The predicted molar refractivity (Wildman–Crippen MR) is 174 cm³/mol. The number of Topliss-reactive ketones (excluding diaryl/α,β-unsaturated/α-hetero) is 1. The molecule has 0 spiro atoms. The second-order valence-electron chi connectivity index (χ2n) is 11.4. The zero-order chi connectivity index (χ0) is 32.5. The van der Waals surface area contributed by atoms with Gasteiger partial charge in [0.05, 0.1) is 45.9 Å². The summed E-state index contributed by atoms with van der Waals surface area (Å²) in [5.74, 6) is 0.705. The predicted octanol–water partition coefficient (Wildman–Crippen LogP) is 7.38. The van der Waals surface area contributed by atoms with E-state index < -0.39 is 17.8 Å². The fourth-order valence-electron chi connectivity index (χ4n) is 6.39. The zero-order valence-electron chi connectivity index (χ0n) is 26.3. The van der Waals surface area contributed by atoms with Crippen molar-refractivity contribution >= 4 is 23.1 Å². The van der Waals surface area contributed by atoms with Crippen LogP contribution in [-0.2, 0) is 4.79 Å². The number of amides is 1. The van der Waals surface area contributed by atoms with Crippen LogP contribution in [0.3, 0.4) is 0 Å². The van der Waals surface area contributed by atoms with E-state index in [9.17, 15) is 14.0 Å². The lowest BCUT2D eigenvalue weighted by molar-refractivity contribution is -0.116. The number of nitrogens with one attached hydrogen (secondary N) is 1. The van der Waals surface area contributed by atoms with Crippen LogP contribution in [0.15, 0.2) is 90.1 Å². The zero-order valence-corrected chi connectivity index (χ0v) is 26.3. The number of methoxy groups -OCH3 is 4. The lowest BCUT2D eigenvalue weighted by atomic mass is 9.78. The topological polar surface area (TPSA) is 86.3 Å². The third-order valence-electron chi connectivity index (χ3n) is 8.64. The van der Waals surface area contributed by atoms with E-state index in [-0.39, 0.29) is 23.7 Å². The van der Waals surface area contributed by atoms with Crippen molar-refractivity contribution in [2.24, 2.45) is 0 Å². The van der Waals surface area contributed by atoms with Gasteiger partial charge in [-0.2, -0.15) is 0 Å². The Labute approximate surface area is 267 Å². The molecule has 46 heavy (non-hydrogen) atoms. The Balaban J connectivity index is 1.56. The van der Waals surface area contributed by atoms with Gasteiger partial charge >= 0.3 is 0 Å². The summed E-state index contributed by atoms with van der Waals surface area (Å²) >= 11 is 0. The van der Waals surface area contributed by atoms with Crippen molar-refractivity contribution in [1.82, 2.24) is 0 Å². The Hall–Kier alpha value is -5.31. The summed E-state index contributed by atoms with van der Waals surface area (Å²) in [5.41, 5.74) is 5.23. The van der Waals surface area contributed by atoms with Crippen LogP contribution in [0.1, 0.15) is 51.8 Å². The molecule has 6 rings (SSSR count). The molecule has 9 heteroatoms. The molecule has 1 amide bonds. The Morgan fingerprint density at radius 2 is 1.46 bits per heavy atom. The highest BCUT2D eigenvalue weighted by Gasteiger charge is 2.42. The maximum absolute atomic E-state index is 14.9. The number of carbonyl (C=O) groups excluding carboxylic acids is 2. The fraction of sp³-hybridized carbons (Fsp3) is 0.243. The second kappa shape index (κ2) is 12.6. The Kier molecular flexibility index (Phi) is 8.41. The molecule has 0 unspecified atom stereocenters. The van der Waals surface area contributed by atoms with E-state index in [1.165, 1.54) is 33.5 Å². The number of ether oxygens (including phenoxy) is 4. The number of hydrogen-bond donors (Lipinski definition) is 1. The number of ketones is 1. The van der Waals surface area contributed by atoms with Crippen LogP contribution >= 0.6 is 0 Å². The van der Waals surface area contributed by atoms with Crippen LogP contribution in [0.25, 0.3) is 0 Å². The lowest BCUT2D eigenvalue weighted by Crippen LogP contribution is -2.38. The molecule has 1 N–H and O–H groups in total. The quantitative estimate of drug-likeness (QED) is 0.230. The van der Waals surface area contributed by atoms with Crippen molar-refractivity contribution < 1.29 is 32.9 Å². The first-order valence-electron chi connectivity index (χ1n) is 14.9. The van der Waals surface area contributed by atoms with Crippen molar-refractivity contribution in [1.29, 1.82) is 0 Å². The number of hydrogen-bond acceptors (Lipinski definition) is 7. The number of benzene rings is 4. The first-order valence-corrected chi connectivity index (χ1v) is 14.9. The Bertz CT molecular complexity index is 1810. The normalized spacial score (nSPS) is 17.3. The van der Waals surface area contributed by atoms with Crippen LogP contribution in [-0.4, -0.2) is 40.1 Å². The molecule has 0 saturated heterocycles. The summed E-state index contributed by atoms with van der Waals surface area (Å²) in [6.07, 6.45) is 0.775. The van der Waals surface area contributed by atoms with E-state index >= 15 is 0 Å². The summed E-state index contributed by atoms with van der Waals surface area (Å²) in [5, 5.41) is 3.55. The molecule has 2 atom stereocenters. The Morgan fingerprint density at radius 3 is 2.07 bits per heavy atom. The van der Waals surface area contributed by atoms with Crippen molar-refractivity contribution in [2.45, 2.75) is 31.7 Å². The molecule has 1 heterocycles. The van der Waals surface area contributed by atoms with E-state index in [0.717, 1.165) is 22.6 Å². The van der Waals surface area contributed by atoms with Gasteiger partial charge in [-0.05, 0) is 84.5 Å². The maximum Gasteiger partial charge on any atom is 0.259 e. The number of rotatable bonds is 7. The summed E-state index contributed by atoms with van der Waals surface area (Å²) in [7, 11) is 6.08. The number of aryl methyl sites for hydroxylation is 1. The molecular formula is C37H35FN2O6. The van der Waals surface area contributed by atoms with Crippen molar-refractivity contribution in [3.8, 4) is 23.0 Å². The largest absolute Gasteiger partial charge is 0.497 e. The monoisotopic (exact) mass is 622 g/mol. The molecule has 0 bridgehead atoms. The van der Waals surface area contributed by atoms with E-state index in [2.05, 4.69) is 5.32 Å². The van der Waals surface area contributed by atoms with Crippen molar-refractivity contribution in [3.05, 3.63) is 118 Å². The minimum absolute atomic E-state index is 0.0928. The first kappa shape index (κ1) is 30.7. The number of halogens is 1. The van der Waals surface area contributed by atoms with Crippen LogP contribution < -0.4 is 29.2 Å². The smallest absolute Gasteiger partial charge is 0.259 e. The third kappa shape index (κ3) is 5.53. The minimum Gasteiger partial charge on any atom is -0.497 e. The van der Waals surface area contributed by atoms with E-state index in [4.69, 9.17) is 18.9 Å². The molecule has 4 aromatic carbocycles. The van der Waals surface area contributed by atoms with Gasteiger partial charge in [-0.25, -0.2) is 4.39 Å². The highest BCUT2D eigenvalue weighted by atomic mass is 19.1. The number of anilines is 2. The number of allylic oxidation sites excluding steroid dienone is 1. The summed E-state index contributed by atoms with van der Waals surface area (Å²) in [4.78, 5) is 30.8. The number of fused-ring (bicyclic) bond motifs is 1. The van der Waals surface area contributed by atoms with Gasteiger partial charge in [-0.15, -0.1) is 0 Å². The molecule has 0 aromatic heterocycles. The van der Waals surface area contributed by atoms with E-state index in [1.54, 1.807) is 36.3 Å². The van der Waals surface area contributed by atoms with Gasteiger partial charge in [0.2, 0.25) is 5.75 Å². The van der Waals surface area contributed by atoms with Gasteiger partial charge in [0, 0.05) is 23.3 Å². The van der Waals surface area contributed by atoms with Crippen molar-refractivity contribution in [2.75, 3.05) is 38.7 Å². The molecule has 8 nitrogen and oxygen atoms in total. The molecule has 0 radical (unpaired) electrons. The highest BCUT2D eigenvalue weighted by Crippen LogP contribution is 2.49. The lowest BCUT2D eigenvalue weighted by Gasteiger charge is -2.35. The number of carbonyl (C=O) groups is 2. The second-order valence-corrected chi connectivity index (χ2v) is 11.4.